The zero-order valence-corrected chi connectivity index (χ0v) is 7.84. The molecular formula is C8H20N2O. The number of nitrogens with two attached hydrogens (primary N) is 1. The van der Waals surface area contributed by atoms with Crippen molar-refractivity contribution >= 4 is 0 Å². The van der Waals surface area contributed by atoms with Crippen molar-refractivity contribution in [1.82, 2.24) is 4.90 Å². The first-order valence-corrected chi connectivity index (χ1v) is 4.18. The van der Waals surface area contributed by atoms with Crippen molar-refractivity contribution < 1.29 is 4.74 Å². The highest BCUT2D eigenvalue weighted by atomic mass is 16.5. The monoisotopic (exact) mass is 160 g/mol. The molecule has 3 heteroatoms. The molecule has 0 saturated carbocycles. The van der Waals surface area contributed by atoms with Crippen LogP contribution in [0.25, 0.3) is 0 Å². The SMILES string of the molecule is CCOCCN(C)C[C@@H](C)N. The van der Waals surface area contributed by atoms with Gasteiger partial charge in [0.1, 0.15) is 0 Å². The van der Waals surface area contributed by atoms with Gasteiger partial charge in [0.05, 0.1) is 6.61 Å². The molecule has 0 unspecified atom stereocenters. The van der Waals surface area contributed by atoms with Crippen LogP contribution in [0.2, 0.25) is 0 Å². The summed E-state index contributed by atoms with van der Waals surface area (Å²) < 4.78 is 5.20. The van der Waals surface area contributed by atoms with Gasteiger partial charge in [-0.15, -0.1) is 0 Å². The summed E-state index contributed by atoms with van der Waals surface area (Å²) in [5.74, 6) is 0. The van der Waals surface area contributed by atoms with E-state index in [1.165, 1.54) is 0 Å². The zero-order valence-electron chi connectivity index (χ0n) is 7.84. The smallest absolute Gasteiger partial charge is 0.0593 e. The predicted molar refractivity (Wildman–Crippen MR) is 47.6 cm³/mol. The van der Waals surface area contributed by atoms with E-state index in [0.29, 0.717) is 0 Å². The Balaban J connectivity index is 3.15. The molecule has 0 aromatic rings. The van der Waals surface area contributed by atoms with Gasteiger partial charge in [0.25, 0.3) is 0 Å². The Morgan fingerprint density at radius 1 is 1.55 bits per heavy atom. The lowest BCUT2D eigenvalue weighted by atomic mass is 10.3. The minimum Gasteiger partial charge on any atom is -0.380 e. The van der Waals surface area contributed by atoms with E-state index >= 15 is 0 Å². The van der Waals surface area contributed by atoms with Gasteiger partial charge in [0.15, 0.2) is 0 Å². The van der Waals surface area contributed by atoms with Crippen LogP contribution >= 0.6 is 0 Å². The van der Waals surface area contributed by atoms with Gasteiger partial charge in [-0.1, -0.05) is 0 Å². The van der Waals surface area contributed by atoms with Crippen LogP contribution in [0.3, 0.4) is 0 Å². The van der Waals surface area contributed by atoms with Crippen LogP contribution in [0.15, 0.2) is 0 Å². The Kier molecular flexibility index (Phi) is 6.51. The van der Waals surface area contributed by atoms with Crippen LogP contribution in [-0.4, -0.2) is 44.3 Å². The summed E-state index contributed by atoms with van der Waals surface area (Å²) in [6.45, 7) is 7.52. The summed E-state index contributed by atoms with van der Waals surface area (Å²) in [7, 11) is 2.06. The molecule has 68 valence electrons. The van der Waals surface area contributed by atoms with Crippen molar-refractivity contribution in [2.24, 2.45) is 5.73 Å². The van der Waals surface area contributed by atoms with Crippen molar-refractivity contribution in [2.75, 3.05) is 33.4 Å². The third kappa shape index (κ3) is 7.78. The van der Waals surface area contributed by atoms with Crippen LogP contribution in [0.5, 0.6) is 0 Å². The van der Waals surface area contributed by atoms with Crippen molar-refractivity contribution in [1.29, 1.82) is 0 Å². The van der Waals surface area contributed by atoms with Crippen LogP contribution < -0.4 is 5.73 Å². The van der Waals surface area contributed by atoms with E-state index in [1.54, 1.807) is 0 Å². The van der Waals surface area contributed by atoms with E-state index in [4.69, 9.17) is 10.5 Å². The molecule has 0 bridgehead atoms. The second kappa shape index (κ2) is 6.58. The predicted octanol–water partition coefficient (Wildman–Crippen LogP) is 0.302. The standard InChI is InChI=1S/C8H20N2O/c1-4-11-6-5-10(3)7-8(2)9/h8H,4-7,9H2,1-3H3/t8-/m1/s1. The van der Waals surface area contributed by atoms with Crippen molar-refractivity contribution in [3.8, 4) is 0 Å². The highest BCUT2D eigenvalue weighted by Crippen LogP contribution is 1.85. The topological polar surface area (TPSA) is 38.5 Å². The average molecular weight is 160 g/mol. The lowest BCUT2D eigenvalue weighted by Gasteiger charge is -2.18. The molecule has 0 rings (SSSR count). The molecule has 0 aromatic carbocycles. The van der Waals surface area contributed by atoms with E-state index < -0.39 is 0 Å². The molecule has 0 aliphatic rings. The highest BCUT2D eigenvalue weighted by molar-refractivity contribution is 4.58. The van der Waals surface area contributed by atoms with Gasteiger partial charge < -0.3 is 15.4 Å². The highest BCUT2D eigenvalue weighted by Gasteiger charge is 2.00. The molecule has 3 nitrogen and oxygen atoms in total. The third-order valence-electron chi connectivity index (χ3n) is 1.42. The van der Waals surface area contributed by atoms with Crippen LogP contribution in [0.1, 0.15) is 13.8 Å². The summed E-state index contributed by atoms with van der Waals surface area (Å²) in [4.78, 5) is 2.18. The summed E-state index contributed by atoms with van der Waals surface area (Å²) in [6, 6.07) is 0.252. The van der Waals surface area contributed by atoms with E-state index in [9.17, 15) is 0 Å². The second-order valence-corrected chi connectivity index (χ2v) is 2.94. The molecule has 0 saturated heterocycles. The summed E-state index contributed by atoms with van der Waals surface area (Å²) in [5, 5.41) is 0. The van der Waals surface area contributed by atoms with Crippen LogP contribution in [0.4, 0.5) is 0 Å². The molecule has 0 radical (unpaired) electrons. The molecular weight excluding hydrogens is 140 g/mol. The number of hydrogen-bond acceptors (Lipinski definition) is 3. The fourth-order valence-corrected chi connectivity index (χ4v) is 0.948. The first-order valence-electron chi connectivity index (χ1n) is 4.18. The molecule has 0 aliphatic carbocycles. The minimum absolute atomic E-state index is 0.252. The van der Waals surface area contributed by atoms with Gasteiger partial charge in [-0.3, -0.25) is 0 Å². The maximum Gasteiger partial charge on any atom is 0.0593 e. The second-order valence-electron chi connectivity index (χ2n) is 2.94. The summed E-state index contributed by atoms with van der Waals surface area (Å²) in [5.41, 5.74) is 5.62. The summed E-state index contributed by atoms with van der Waals surface area (Å²) >= 11 is 0. The Morgan fingerprint density at radius 3 is 2.64 bits per heavy atom. The van der Waals surface area contributed by atoms with Gasteiger partial charge in [0.2, 0.25) is 0 Å². The number of nitrogens with zero attached hydrogens (tertiary/aromatic N) is 1. The van der Waals surface area contributed by atoms with Gasteiger partial charge in [-0.25, -0.2) is 0 Å². The van der Waals surface area contributed by atoms with Crippen molar-refractivity contribution in [2.45, 2.75) is 19.9 Å². The zero-order chi connectivity index (χ0) is 8.69. The number of rotatable bonds is 6. The maximum atomic E-state index is 5.62. The normalized spacial score (nSPS) is 13.9. The molecule has 0 heterocycles. The lowest BCUT2D eigenvalue weighted by molar-refractivity contribution is 0.121. The van der Waals surface area contributed by atoms with E-state index in [2.05, 4.69) is 11.9 Å². The number of ether oxygens (including phenoxy) is 1. The third-order valence-corrected chi connectivity index (χ3v) is 1.42. The molecule has 0 aromatic heterocycles. The largest absolute Gasteiger partial charge is 0.380 e. The molecule has 0 spiro atoms. The van der Waals surface area contributed by atoms with Gasteiger partial charge in [-0.05, 0) is 20.9 Å². The van der Waals surface area contributed by atoms with E-state index in [0.717, 1.165) is 26.3 Å². The van der Waals surface area contributed by atoms with Crippen LogP contribution in [0, 0.1) is 0 Å². The van der Waals surface area contributed by atoms with E-state index in [-0.39, 0.29) is 6.04 Å². The molecule has 11 heavy (non-hydrogen) atoms. The Labute approximate surface area is 69.5 Å². The molecule has 0 amide bonds. The Morgan fingerprint density at radius 2 is 2.18 bits per heavy atom. The van der Waals surface area contributed by atoms with Crippen molar-refractivity contribution in [3.05, 3.63) is 0 Å². The average Bonchev–Trinajstić information content (AvgIpc) is 1.86. The summed E-state index contributed by atoms with van der Waals surface area (Å²) in [6.07, 6.45) is 0. The van der Waals surface area contributed by atoms with Gasteiger partial charge in [0, 0.05) is 25.7 Å². The van der Waals surface area contributed by atoms with Crippen molar-refractivity contribution in [3.63, 3.8) is 0 Å². The lowest BCUT2D eigenvalue weighted by Crippen LogP contribution is -2.34. The first kappa shape index (κ1) is 10.9. The number of hydrogen-bond donors (Lipinski definition) is 1. The Bertz CT molecular complexity index is 86.2. The molecule has 2 N–H and O–H groups in total. The first-order chi connectivity index (χ1) is 5.16. The van der Waals surface area contributed by atoms with Crippen LogP contribution in [-0.2, 0) is 4.74 Å². The fourth-order valence-electron chi connectivity index (χ4n) is 0.948. The quantitative estimate of drug-likeness (QED) is 0.568. The molecule has 1 atom stereocenters. The fraction of sp³-hybridized carbons (Fsp3) is 1.00. The van der Waals surface area contributed by atoms with E-state index in [1.807, 2.05) is 13.8 Å². The molecule has 0 fully saturated rings. The molecule has 0 aliphatic heterocycles. The van der Waals surface area contributed by atoms with Gasteiger partial charge in [-0.2, -0.15) is 0 Å². The Hall–Kier alpha value is -0.120. The minimum atomic E-state index is 0.252. The number of likely N-dealkylation sites (N-methyl/N-ethyl adjacent to an activating group) is 1. The van der Waals surface area contributed by atoms with Gasteiger partial charge >= 0.3 is 0 Å². The maximum absolute atomic E-state index is 5.62.